The highest BCUT2D eigenvalue weighted by molar-refractivity contribution is 5.78. The van der Waals surface area contributed by atoms with Crippen molar-refractivity contribution in [3.63, 3.8) is 0 Å². The zero-order valence-electron chi connectivity index (χ0n) is 12.3. The molecular weight excluding hydrogens is 270 g/mol. The SMILES string of the molecule is COCCN1C(=O)CO[C@H]2CN(Cc3ccncc3)C[C@H]21. The lowest BCUT2D eigenvalue weighted by atomic mass is 10.1. The average molecular weight is 291 g/mol. The number of carbonyl (C=O) groups excluding carboxylic acids is 1. The van der Waals surface area contributed by atoms with E-state index in [1.807, 2.05) is 29.4 Å². The summed E-state index contributed by atoms with van der Waals surface area (Å²) in [6.45, 7) is 3.98. The van der Waals surface area contributed by atoms with Crippen LogP contribution in [0.2, 0.25) is 0 Å². The number of nitrogens with zero attached hydrogens (tertiary/aromatic N) is 3. The lowest BCUT2D eigenvalue weighted by molar-refractivity contribution is -0.153. The molecule has 0 unspecified atom stereocenters. The van der Waals surface area contributed by atoms with Crippen LogP contribution in [0.1, 0.15) is 5.56 Å². The molecule has 6 heteroatoms. The Morgan fingerprint density at radius 3 is 2.95 bits per heavy atom. The van der Waals surface area contributed by atoms with Crippen LogP contribution in [0, 0.1) is 0 Å². The van der Waals surface area contributed by atoms with E-state index in [4.69, 9.17) is 9.47 Å². The number of ether oxygens (including phenoxy) is 2. The Bertz CT molecular complexity index is 482. The summed E-state index contributed by atoms with van der Waals surface area (Å²) in [5.41, 5.74) is 1.23. The topological polar surface area (TPSA) is 54.9 Å². The maximum absolute atomic E-state index is 12.0. The first kappa shape index (κ1) is 14.4. The summed E-state index contributed by atoms with van der Waals surface area (Å²) >= 11 is 0. The van der Waals surface area contributed by atoms with E-state index in [1.54, 1.807) is 7.11 Å². The van der Waals surface area contributed by atoms with Crippen molar-refractivity contribution in [1.82, 2.24) is 14.8 Å². The first-order chi connectivity index (χ1) is 10.3. The zero-order chi connectivity index (χ0) is 14.7. The molecule has 3 rings (SSSR count). The third-order valence-electron chi connectivity index (χ3n) is 4.15. The van der Waals surface area contributed by atoms with Gasteiger partial charge in [-0.2, -0.15) is 0 Å². The first-order valence-electron chi connectivity index (χ1n) is 7.29. The molecule has 0 saturated carbocycles. The van der Waals surface area contributed by atoms with Crippen molar-refractivity contribution in [2.24, 2.45) is 0 Å². The Labute approximate surface area is 124 Å². The minimum Gasteiger partial charge on any atom is -0.383 e. The molecule has 0 aliphatic carbocycles. The molecule has 2 fully saturated rings. The Morgan fingerprint density at radius 2 is 2.19 bits per heavy atom. The van der Waals surface area contributed by atoms with E-state index < -0.39 is 0 Å². The number of pyridine rings is 1. The predicted molar refractivity (Wildman–Crippen MR) is 76.6 cm³/mol. The van der Waals surface area contributed by atoms with E-state index in [-0.39, 0.29) is 24.7 Å². The number of amides is 1. The van der Waals surface area contributed by atoms with Crippen molar-refractivity contribution in [3.05, 3.63) is 30.1 Å². The highest BCUT2D eigenvalue weighted by atomic mass is 16.5. The number of morpholine rings is 1. The quantitative estimate of drug-likeness (QED) is 0.772. The van der Waals surface area contributed by atoms with Gasteiger partial charge in [0.1, 0.15) is 6.61 Å². The van der Waals surface area contributed by atoms with Crippen molar-refractivity contribution >= 4 is 5.91 Å². The van der Waals surface area contributed by atoms with Gasteiger partial charge in [0.25, 0.3) is 0 Å². The van der Waals surface area contributed by atoms with Crippen LogP contribution in [0.15, 0.2) is 24.5 Å². The number of aromatic nitrogens is 1. The molecule has 6 nitrogen and oxygen atoms in total. The summed E-state index contributed by atoms with van der Waals surface area (Å²) in [7, 11) is 1.66. The Balaban J connectivity index is 1.64. The molecule has 0 bridgehead atoms. The van der Waals surface area contributed by atoms with Crippen molar-refractivity contribution in [1.29, 1.82) is 0 Å². The molecule has 1 aromatic rings. The third-order valence-corrected chi connectivity index (χ3v) is 4.15. The summed E-state index contributed by atoms with van der Waals surface area (Å²) in [5.74, 6) is 0.0686. The number of hydrogen-bond donors (Lipinski definition) is 0. The molecule has 0 radical (unpaired) electrons. The van der Waals surface area contributed by atoms with Crippen molar-refractivity contribution in [3.8, 4) is 0 Å². The van der Waals surface area contributed by atoms with Gasteiger partial charge in [-0.3, -0.25) is 14.7 Å². The molecule has 0 aromatic carbocycles. The van der Waals surface area contributed by atoms with Crippen molar-refractivity contribution < 1.29 is 14.3 Å². The molecule has 1 amide bonds. The Hall–Kier alpha value is -1.50. The second-order valence-electron chi connectivity index (χ2n) is 5.55. The van der Waals surface area contributed by atoms with E-state index in [2.05, 4.69) is 9.88 Å². The van der Waals surface area contributed by atoms with E-state index in [0.29, 0.717) is 13.2 Å². The summed E-state index contributed by atoms with van der Waals surface area (Å²) in [4.78, 5) is 20.3. The van der Waals surface area contributed by atoms with Gasteiger partial charge in [0, 0.05) is 45.7 Å². The fourth-order valence-electron chi connectivity index (χ4n) is 3.10. The molecule has 2 aliphatic rings. The van der Waals surface area contributed by atoms with Gasteiger partial charge in [-0.15, -0.1) is 0 Å². The second kappa shape index (κ2) is 6.51. The van der Waals surface area contributed by atoms with Gasteiger partial charge in [0.15, 0.2) is 0 Å². The highest BCUT2D eigenvalue weighted by Crippen LogP contribution is 2.24. The van der Waals surface area contributed by atoms with Gasteiger partial charge in [-0.25, -0.2) is 0 Å². The molecule has 0 N–H and O–H groups in total. The van der Waals surface area contributed by atoms with E-state index in [1.165, 1.54) is 5.56 Å². The smallest absolute Gasteiger partial charge is 0.249 e. The van der Waals surface area contributed by atoms with Crippen LogP contribution in [-0.4, -0.2) is 72.8 Å². The van der Waals surface area contributed by atoms with E-state index in [0.717, 1.165) is 19.6 Å². The van der Waals surface area contributed by atoms with Crippen LogP contribution in [0.25, 0.3) is 0 Å². The molecule has 0 spiro atoms. The number of rotatable bonds is 5. The molecule has 2 saturated heterocycles. The number of fused-ring (bicyclic) bond motifs is 1. The summed E-state index contributed by atoms with van der Waals surface area (Å²) in [5, 5.41) is 0. The van der Waals surface area contributed by atoms with Crippen LogP contribution >= 0.6 is 0 Å². The largest absolute Gasteiger partial charge is 0.383 e. The summed E-state index contributed by atoms with van der Waals surface area (Å²) in [6.07, 6.45) is 3.73. The zero-order valence-corrected chi connectivity index (χ0v) is 12.3. The lowest BCUT2D eigenvalue weighted by Gasteiger charge is -2.36. The van der Waals surface area contributed by atoms with Gasteiger partial charge >= 0.3 is 0 Å². The molecule has 2 aliphatic heterocycles. The molecule has 3 heterocycles. The molecular formula is C15H21N3O3. The Morgan fingerprint density at radius 1 is 1.38 bits per heavy atom. The standard InChI is InChI=1S/C15H21N3O3/c1-20-7-6-18-13-9-17(8-12-2-4-16-5-3-12)10-14(13)21-11-15(18)19/h2-5,13-14H,6-11H2,1H3/t13-,14+/m1/s1. The number of methoxy groups -OCH3 is 1. The van der Waals surface area contributed by atoms with Crippen LogP contribution in [0.3, 0.4) is 0 Å². The lowest BCUT2D eigenvalue weighted by Crippen LogP contribution is -2.54. The predicted octanol–water partition coefficient (Wildman–Crippen LogP) is 0.140. The van der Waals surface area contributed by atoms with Crippen LogP contribution in [0.4, 0.5) is 0 Å². The highest BCUT2D eigenvalue weighted by Gasteiger charge is 2.42. The molecule has 21 heavy (non-hydrogen) atoms. The third kappa shape index (κ3) is 3.23. The maximum Gasteiger partial charge on any atom is 0.249 e. The molecule has 2 atom stereocenters. The van der Waals surface area contributed by atoms with Gasteiger partial charge in [0.2, 0.25) is 5.91 Å². The first-order valence-corrected chi connectivity index (χ1v) is 7.29. The number of hydrogen-bond acceptors (Lipinski definition) is 5. The minimum atomic E-state index is 0.0686. The maximum atomic E-state index is 12.0. The minimum absolute atomic E-state index is 0.0686. The van der Waals surface area contributed by atoms with Crippen LogP contribution < -0.4 is 0 Å². The van der Waals surface area contributed by atoms with Crippen molar-refractivity contribution in [2.45, 2.75) is 18.7 Å². The second-order valence-corrected chi connectivity index (χ2v) is 5.55. The Kier molecular flexibility index (Phi) is 4.48. The van der Waals surface area contributed by atoms with E-state index >= 15 is 0 Å². The van der Waals surface area contributed by atoms with Crippen molar-refractivity contribution in [2.75, 3.05) is 40.0 Å². The van der Waals surface area contributed by atoms with Gasteiger partial charge in [-0.1, -0.05) is 0 Å². The van der Waals surface area contributed by atoms with Gasteiger partial charge in [0.05, 0.1) is 18.8 Å². The van der Waals surface area contributed by atoms with Crippen LogP contribution in [0.5, 0.6) is 0 Å². The normalized spacial score (nSPS) is 26.1. The molecule has 114 valence electrons. The monoisotopic (exact) mass is 291 g/mol. The fourth-order valence-corrected chi connectivity index (χ4v) is 3.10. The van der Waals surface area contributed by atoms with Gasteiger partial charge in [-0.05, 0) is 17.7 Å². The average Bonchev–Trinajstić information content (AvgIpc) is 2.90. The number of carbonyl (C=O) groups is 1. The summed E-state index contributed by atoms with van der Waals surface area (Å²) in [6, 6.07) is 4.19. The fraction of sp³-hybridized carbons (Fsp3) is 0.600. The number of likely N-dealkylation sites (tertiary alicyclic amines) is 1. The molecule has 1 aromatic heterocycles. The van der Waals surface area contributed by atoms with Crippen LogP contribution in [-0.2, 0) is 20.8 Å². The van der Waals surface area contributed by atoms with Gasteiger partial charge < -0.3 is 14.4 Å². The summed E-state index contributed by atoms with van der Waals surface area (Å²) < 4.78 is 10.8. The van der Waals surface area contributed by atoms with E-state index in [9.17, 15) is 4.79 Å².